The van der Waals surface area contributed by atoms with Gasteiger partial charge in [-0.1, -0.05) is 36.4 Å². The standard InChI is InChI=1S/C20H24N2OS/c1-22(19-9-5-7-16-6-3-4-8-18(16)19)20(24)21-14-15-10-12-17(23-2)13-11-15/h3-4,6,8,10-13,19H,5,7,9,14H2,1-2H3,(H,21,24)/t19-/m0/s1. The number of nitrogens with zero attached hydrogens (tertiary/aromatic N) is 1. The Morgan fingerprint density at radius 2 is 1.96 bits per heavy atom. The Labute approximate surface area is 149 Å². The maximum Gasteiger partial charge on any atom is 0.169 e. The highest BCUT2D eigenvalue weighted by Gasteiger charge is 2.24. The summed E-state index contributed by atoms with van der Waals surface area (Å²) >= 11 is 5.62. The maximum atomic E-state index is 5.62. The first kappa shape index (κ1) is 16.8. The van der Waals surface area contributed by atoms with E-state index in [1.54, 1.807) is 7.11 Å². The van der Waals surface area contributed by atoms with Gasteiger partial charge in [0, 0.05) is 13.6 Å². The van der Waals surface area contributed by atoms with Gasteiger partial charge in [-0.05, 0) is 60.3 Å². The second-order valence-corrected chi connectivity index (χ2v) is 6.61. The summed E-state index contributed by atoms with van der Waals surface area (Å²) in [6, 6.07) is 17.2. The molecule has 1 aliphatic rings. The van der Waals surface area contributed by atoms with Crippen LogP contribution in [0.5, 0.6) is 5.75 Å². The first-order chi connectivity index (χ1) is 11.7. The number of benzene rings is 2. The molecule has 0 saturated heterocycles. The monoisotopic (exact) mass is 340 g/mol. The second kappa shape index (κ2) is 7.67. The van der Waals surface area contributed by atoms with Gasteiger partial charge in [-0.3, -0.25) is 0 Å². The molecule has 0 saturated carbocycles. The van der Waals surface area contributed by atoms with Gasteiger partial charge in [0.15, 0.2) is 5.11 Å². The Hall–Kier alpha value is -2.07. The normalized spacial score (nSPS) is 16.2. The van der Waals surface area contributed by atoms with E-state index in [1.807, 2.05) is 12.1 Å². The van der Waals surface area contributed by atoms with E-state index in [1.165, 1.54) is 29.5 Å². The van der Waals surface area contributed by atoms with Crippen molar-refractivity contribution in [3.05, 3.63) is 65.2 Å². The van der Waals surface area contributed by atoms with Crippen molar-refractivity contribution in [2.75, 3.05) is 14.2 Å². The highest BCUT2D eigenvalue weighted by atomic mass is 32.1. The Kier molecular flexibility index (Phi) is 5.36. The van der Waals surface area contributed by atoms with Gasteiger partial charge in [-0.15, -0.1) is 0 Å². The quantitative estimate of drug-likeness (QED) is 0.848. The Morgan fingerprint density at radius 3 is 2.71 bits per heavy atom. The molecule has 0 fully saturated rings. The summed E-state index contributed by atoms with van der Waals surface area (Å²) in [6.07, 6.45) is 3.54. The molecule has 3 nitrogen and oxygen atoms in total. The van der Waals surface area contributed by atoms with Crippen molar-refractivity contribution >= 4 is 17.3 Å². The summed E-state index contributed by atoms with van der Waals surface area (Å²) in [7, 11) is 3.77. The van der Waals surface area contributed by atoms with E-state index < -0.39 is 0 Å². The van der Waals surface area contributed by atoms with Crippen molar-refractivity contribution in [3.8, 4) is 5.75 Å². The lowest BCUT2D eigenvalue weighted by Gasteiger charge is -2.35. The third-order valence-corrected chi connectivity index (χ3v) is 5.16. The molecule has 0 amide bonds. The molecule has 0 spiro atoms. The Balaban J connectivity index is 1.62. The van der Waals surface area contributed by atoms with Crippen LogP contribution in [0.1, 0.15) is 35.6 Å². The second-order valence-electron chi connectivity index (χ2n) is 6.22. The van der Waals surface area contributed by atoms with Crippen molar-refractivity contribution < 1.29 is 4.74 Å². The molecule has 3 rings (SSSR count). The van der Waals surface area contributed by atoms with Gasteiger partial charge in [0.25, 0.3) is 0 Å². The van der Waals surface area contributed by atoms with Crippen LogP contribution in [0.15, 0.2) is 48.5 Å². The van der Waals surface area contributed by atoms with E-state index in [-0.39, 0.29) is 0 Å². The third kappa shape index (κ3) is 3.70. The maximum absolute atomic E-state index is 5.62. The van der Waals surface area contributed by atoms with Crippen LogP contribution in [0, 0.1) is 0 Å². The van der Waals surface area contributed by atoms with Gasteiger partial charge >= 0.3 is 0 Å². The smallest absolute Gasteiger partial charge is 0.169 e. The average Bonchev–Trinajstić information content (AvgIpc) is 2.65. The number of methoxy groups -OCH3 is 1. The SMILES string of the molecule is COc1ccc(CNC(=S)N(C)[C@H]2CCCc3ccccc32)cc1. The molecule has 0 aromatic heterocycles. The highest BCUT2D eigenvalue weighted by Crippen LogP contribution is 2.33. The number of nitrogens with one attached hydrogen (secondary N) is 1. The zero-order chi connectivity index (χ0) is 16.9. The van der Waals surface area contributed by atoms with Gasteiger partial charge in [0.1, 0.15) is 5.75 Å². The average molecular weight is 340 g/mol. The zero-order valence-electron chi connectivity index (χ0n) is 14.3. The minimum atomic E-state index is 0.366. The van der Waals surface area contributed by atoms with E-state index >= 15 is 0 Å². The third-order valence-electron chi connectivity index (χ3n) is 4.73. The van der Waals surface area contributed by atoms with E-state index in [4.69, 9.17) is 17.0 Å². The van der Waals surface area contributed by atoms with Crippen LogP contribution in [-0.4, -0.2) is 24.2 Å². The molecular weight excluding hydrogens is 316 g/mol. The summed E-state index contributed by atoms with van der Waals surface area (Å²) < 4.78 is 5.19. The van der Waals surface area contributed by atoms with Gasteiger partial charge in [0.2, 0.25) is 0 Å². The predicted molar refractivity (Wildman–Crippen MR) is 102 cm³/mol. The number of fused-ring (bicyclic) bond motifs is 1. The van der Waals surface area contributed by atoms with Crippen molar-refractivity contribution in [2.24, 2.45) is 0 Å². The molecule has 24 heavy (non-hydrogen) atoms. The lowest BCUT2D eigenvalue weighted by Crippen LogP contribution is -2.40. The summed E-state index contributed by atoms with van der Waals surface area (Å²) in [4.78, 5) is 2.21. The first-order valence-corrected chi connectivity index (χ1v) is 8.81. The predicted octanol–water partition coefficient (Wildman–Crippen LogP) is 4.08. The topological polar surface area (TPSA) is 24.5 Å². The molecule has 1 aliphatic carbocycles. The molecule has 4 heteroatoms. The number of ether oxygens (including phenoxy) is 1. The molecule has 0 unspecified atom stereocenters. The molecule has 0 bridgehead atoms. The summed E-state index contributed by atoms with van der Waals surface area (Å²) in [5, 5.41) is 4.18. The molecule has 0 radical (unpaired) electrons. The molecule has 1 N–H and O–H groups in total. The Morgan fingerprint density at radius 1 is 1.21 bits per heavy atom. The van der Waals surface area contributed by atoms with Crippen molar-refractivity contribution in [1.29, 1.82) is 0 Å². The number of hydrogen-bond acceptors (Lipinski definition) is 2. The van der Waals surface area contributed by atoms with E-state index in [9.17, 15) is 0 Å². The van der Waals surface area contributed by atoms with Crippen LogP contribution in [0.3, 0.4) is 0 Å². The molecule has 1 atom stereocenters. The molecule has 126 valence electrons. The number of thiocarbonyl (C=S) groups is 1. The molecule has 2 aromatic rings. The van der Waals surface area contributed by atoms with Crippen molar-refractivity contribution in [2.45, 2.75) is 31.8 Å². The van der Waals surface area contributed by atoms with Crippen LogP contribution >= 0.6 is 12.2 Å². The Bertz CT molecular complexity index is 699. The summed E-state index contributed by atoms with van der Waals surface area (Å²) in [6.45, 7) is 0.724. The van der Waals surface area contributed by atoms with Gasteiger partial charge in [-0.2, -0.15) is 0 Å². The molecular formula is C20H24N2OS. The van der Waals surface area contributed by atoms with Crippen LogP contribution in [0.25, 0.3) is 0 Å². The van der Waals surface area contributed by atoms with Crippen LogP contribution < -0.4 is 10.1 Å². The minimum Gasteiger partial charge on any atom is -0.497 e. The fourth-order valence-electron chi connectivity index (χ4n) is 3.32. The van der Waals surface area contributed by atoms with Gasteiger partial charge < -0.3 is 15.0 Å². The van der Waals surface area contributed by atoms with E-state index in [0.29, 0.717) is 6.04 Å². The first-order valence-electron chi connectivity index (χ1n) is 8.40. The largest absolute Gasteiger partial charge is 0.497 e. The number of rotatable bonds is 4. The zero-order valence-corrected chi connectivity index (χ0v) is 15.1. The molecule has 0 heterocycles. The van der Waals surface area contributed by atoms with Crippen molar-refractivity contribution in [3.63, 3.8) is 0 Å². The van der Waals surface area contributed by atoms with Crippen LogP contribution in [0.4, 0.5) is 0 Å². The fraction of sp³-hybridized carbons (Fsp3) is 0.350. The summed E-state index contributed by atoms with van der Waals surface area (Å²) in [5.74, 6) is 0.872. The van der Waals surface area contributed by atoms with Gasteiger partial charge in [0.05, 0.1) is 13.2 Å². The minimum absolute atomic E-state index is 0.366. The fourth-order valence-corrected chi connectivity index (χ4v) is 3.52. The van der Waals surface area contributed by atoms with E-state index in [2.05, 4.69) is 53.7 Å². The number of hydrogen-bond donors (Lipinski definition) is 1. The lowest BCUT2D eigenvalue weighted by atomic mass is 9.87. The van der Waals surface area contributed by atoms with Gasteiger partial charge in [-0.25, -0.2) is 0 Å². The number of aryl methyl sites for hydroxylation is 1. The lowest BCUT2D eigenvalue weighted by molar-refractivity contribution is 0.328. The van der Waals surface area contributed by atoms with E-state index in [0.717, 1.165) is 23.8 Å². The highest BCUT2D eigenvalue weighted by molar-refractivity contribution is 7.80. The summed E-state index contributed by atoms with van der Waals surface area (Å²) in [5.41, 5.74) is 4.06. The molecule has 2 aromatic carbocycles. The van der Waals surface area contributed by atoms with Crippen molar-refractivity contribution in [1.82, 2.24) is 10.2 Å². The molecule has 0 aliphatic heterocycles. The van der Waals surface area contributed by atoms with Crippen LogP contribution in [0.2, 0.25) is 0 Å². The van der Waals surface area contributed by atoms with Crippen LogP contribution in [-0.2, 0) is 13.0 Å².